The molecule has 1 heterocycles. The SMILES string of the molecule is CC(C)Cc1ccc(C(C)C(=O)NN2C(=O)/C(=C\c3ccccc3[N+](=O)[O-])N=C2c2ccccc2)cc1. The van der Waals surface area contributed by atoms with Gasteiger partial charge in [-0.05, 0) is 42.5 Å². The smallest absolute Gasteiger partial charge is 0.273 e. The van der Waals surface area contributed by atoms with Crippen LogP contribution < -0.4 is 5.43 Å². The molecule has 2 amide bonds. The normalized spacial score (nSPS) is 15.1. The van der Waals surface area contributed by atoms with Crippen molar-refractivity contribution in [2.24, 2.45) is 10.9 Å². The van der Waals surface area contributed by atoms with Crippen LogP contribution in [-0.4, -0.2) is 27.6 Å². The van der Waals surface area contributed by atoms with Gasteiger partial charge in [0.2, 0.25) is 5.91 Å². The monoisotopic (exact) mass is 496 g/mol. The number of para-hydroxylation sites is 1. The zero-order valence-electron chi connectivity index (χ0n) is 20.9. The van der Waals surface area contributed by atoms with Gasteiger partial charge in [-0.3, -0.25) is 25.1 Å². The number of nitro benzene ring substituents is 1. The number of benzene rings is 3. The number of nitrogens with zero attached hydrogens (tertiary/aromatic N) is 3. The van der Waals surface area contributed by atoms with Crippen LogP contribution in [-0.2, 0) is 16.0 Å². The standard InChI is InChI=1S/C29H28N4O4/c1-19(2)17-21-13-15-22(16-14-21)20(3)28(34)31-32-27(23-9-5-4-6-10-23)30-25(29(32)35)18-24-11-7-8-12-26(24)33(36)37/h4-16,18-20H,17H2,1-3H3,(H,31,34)/b25-18+. The van der Waals surface area contributed by atoms with Gasteiger partial charge in [0, 0.05) is 11.6 Å². The van der Waals surface area contributed by atoms with Crippen molar-refractivity contribution in [3.05, 3.63) is 117 Å². The van der Waals surface area contributed by atoms with E-state index in [0.29, 0.717) is 11.5 Å². The molecule has 0 radical (unpaired) electrons. The Labute approximate surface area is 215 Å². The van der Waals surface area contributed by atoms with Crippen molar-refractivity contribution < 1.29 is 14.5 Å². The molecule has 0 fully saturated rings. The van der Waals surface area contributed by atoms with E-state index in [1.165, 1.54) is 17.7 Å². The van der Waals surface area contributed by atoms with Gasteiger partial charge in [0.15, 0.2) is 5.84 Å². The van der Waals surface area contributed by atoms with E-state index in [1.807, 2.05) is 30.3 Å². The molecule has 8 nitrogen and oxygen atoms in total. The third-order valence-corrected chi connectivity index (χ3v) is 6.06. The lowest BCUT2D eigenvalue weighted by Gasteiger charge is -2.22. The lowest BCUT2D eigenvalue weighted by molar-refractivity contribution is -0.385. The molecule has 0 aliphatic carbocycles. The van der Waals surface area contributed by atoms with Crippen molar-refractivity contribution in [2.75, 3.05) is 0 Å². The van der Waals surface area contributed by atoms with Crippen LogP contribution in [0.25, 0.3) is 6.08 Å². The molecule has 1 N–H and O–H groups in total. The number of carbonyl (C=O) groups is 2. The molecule has 3 aromatic carbocycles. The minimum atomic E-state index is -0.579. The average Bonchev–Trinajstić information content (AvgIpc) is 3.19. The first-order valence-corrected chi connectivity index (χ1v) is 12.1. The second-order valence-electron chi connectivity index (χ2n) is 9.32. The zero-order valence-corrected chi connectivity index (χ0v) is 20.9. The van der Waals surface area contributed by atoms with Gasteiger partial charge in [0.25, 0.3) is 11.6 Å². The van der Waals surface area contributed by atoms with Gasteiger partial charge in [-0.25, -0.2) is 4.99 Å². The topological polar surface area (TPSA) is 105 Å². The molecule has 37 heavy (non-hydrogen) atoms. The third kappa shape index (κ3) is 5.81. The van der Waals surface area contributed by atoms with Crippen LogP contribution in [0.3, 0.4) is 0 Å². The van der Waals surface area contributed by atoms with E-state index in [4.69, 9.17) is 0 Å². The highest BCUT2D eigenvalue weighted by atomic mass is 16.6. The average molecular weight is 497 g/mol. The summed E-state index contributed by atoms with van der Waals surface area (Å²) < 4.78 is 0. The predicted octanol–water partition coefficient (Wildman–Crippen LogP) is 5.26. The van der Waals surface area contributed by atoms with E-state index >= 15 is 0 Å². The maximum absolute atomic E-state index is 13.4. The molecular weight excluding hydrogens is 468 g/mol. The minimum absolute atomic E-state index is 0.0147. The highest BCUT2D eigenvalue weighted by molar-refractivity contribution is 6.20. The van der Waals surface area contributed by atoms with E-state index in [2.05, 4.69) is 24.3 Å². The van der Waals surface area contributed by atoms with Crippen LogP contribution >= 0.6 is 0 Å². The van der Waals surface area contributed by atoms with Crippen molar-refractivity contribution >= 4 is 29.4 Å². The number of amidine groups is 1. The van der Waals surface area contributed by atoms with E-state index < -0.39 is 16.7 Å². The van der Waals surface area contributed by atoms with E-state index in [9.17, 15) is 19.7 Å². The number of carbonyl (C=O) groups excluding carboxylic acids is 2. The Morgan fingerprint density at radius 3 is 2.30 bits per heavy atom. The predicted molar refractivity (Wildman–Crippen MR) is 142 cm³/mol. The summed E-state index contributed by atoms with van der Waals surface area (Å²) in [6.45, 7) is 6.08. The Hall–Kier alpha value is -4.59. The summed E-state index contributed by atoms with van der Waals surface area (Å²) in [7, 11) is 0. The van der Waals surface area contributed by atoms with Crippen molar-refractivity contribution in [1.29, 1.82) is 0 Å². The number of aliphatic imine (C=N–C) groups is 1. The van der Waals surface area contributed by atoms with Gasteiger partial charge in [-0.2, -0.15) is 5.01 Å². The first-order chi connectivity index (χ1) is 17.7. The fourth-order valence-electron chi connectivity index (χ4n) is 4.10. The van der Waals surface area contributed by atoms with Crippen molar-refractivity contribution in [3.8, 4) is 0 Å². The van der Waals surface area contributed by atoms with Gasteiger partial charge in [0.05, 0.1) is 16.4 Å². The number of hydrogen-bond donors (Lipinski definition) is 1. The molecule has 1 atom stereocenters. The molecule has 4 rings (SSSR count). The van der Waals surface area contributed by atoms with Crippen LogP contribution in [0.5, 0.6) is 0 Å². The van der Waals surface area contributed by atoms with Crippen LogP contribution in [0.15, 0.2) is 89.6 Å². The first-order valence-electron chi connectivity index (χ1n) is 12.1. The summed E-state index contributed by atoms with van der Waals surface area (Å²) in [5.74, 6) is -0.710. The van der Waals surface area contributed by atoms with Gasteiger partial charge in [0.1, 0.15) is 5.70 Å². The largest absolute Gasteiger partial charge is 0.297 e. The van der Waals surface area contributed by atoms with Crippen LogP contribution in [0.4, 0.5) is 5.69 Å². The Morgan fingerprint density at radius 1 is 1.00 bits per heavy atom. The minimum Gasteiger partial charge on any atom is -0.273 e. The number of hydrogen-bond acceptors (Lipinski definition) is 5. The van der Waals surface area contributed by atoms with Gasteiger partial charge < -0.3 is 0 Å². The van der Waals surface area contributed by atoms with Gasteiger partial charge >= 0.3 is 0 Å². The van der Waals surface area contributed by atoms with Crippen LogP contribution in [0.2, 0.25) is 0 Å². The summed E-state index contributed by atoms with van der Waals surface area (Å²) in [6.07, 6.45) is 2.32. The highest BCUT2D eigenvalue weighted by Crippen LogP contribution is 2.26. The summed E-state index contributed by atoms with van der Waals surface area (Å²) in [4.78, 5) is 42.0. The Morgan fingerprint density at radius 2 is 1.65 bits per heavy atom. The van der Waals surface area contributed by atoms with E-state index in [-0.39, 0.29) is 28.7 Å². The van der Waals surface area contributed by atoms with E-state index in [1.54, 1.807) is 49.4 Å². The Balaban J connectivity index is 1.62. The molecule has 3 aromatic rings. The summed E-state index contributed by atoms with van der Waals surface area (Å²) >= 11 is 0. The molecule has 188 valence electrons. The molecule has 0 saturated carbocycles. The van der Waals surface area contributed by atoms with Crippen molar-refractivity contribution in [3.63, 3.8) is 0 Å². The highest BCUT2D eigenvalue weighted by Gasteiger charge is 2.34. The number of amides is 2. The van der Waals surface area contributed by atoms with Crippen molar-refractivity contribution in [1.82, 2.24) is 10.4 Å². The second kappa shape index (κ2) is 11.0. The van der Waals surface area contributed by atoms with E-state index in [0.717, 1.165) is 17.0 Å². The molecule has 1 aliphatic rings. The number of rotatable bonds is 8. The second-order valence-corrected chi connectivity index (χ2v) is 9.32. The molecule has 1 aliphatic heterocycles. The molecule has 0 aromatic heterocycles. The number of nitrogens with one attached hydrogen (secondary N) is 1. The van der Waals surface area contributed by atoms with Crippen LogP contribution in [0, 0.1) is 16.0 Å². The molecule has 8 heteroatoms. The summed E-state index contributed by atoms with van der Waals surface area (Å²) in [6, 6.07) is 23.0. The Bertz CT molecular complexity index is 1380. The lowest BCUT2D eigenvalue weighted by atomic mass is 9.96. The summed E-state index contributed by atoms with van der Waals surface area (Å²) in [5.41, 5.74) is 5.44. The zero-order chi connectivity index (χ0) is 26.5. The van der Waals surface area contributed by atoms with Crippen LogP contribution in [0.1, 0.15) is 48.9 Å². The number of hydrazine groups is 1. The molecule has 1 unspecified atom stereocenters. The van der Waals surface area contributed by atoms with Gasteiger partial charge in [-0.1, -0.05) is 80.6 Å². The maximum Gasteiger partial charge on any atom is 0.297 e. The summed E-state index contributed by atoms with van der Waals surface area (Å²) in [5, 5.41) is 12.6. The quantitative estimate of drug-likeness (QED) is 0.261. The Kier molecular flexibility index (Phi) is 7.57. The lowest BCUT2D eigenvalue weighted by Crippen LogP contribution is -2.48. The van der Waals surface area contributed by atoms with Gasteiger partial charge in [-0.15, -0.1) is 0 Å². The molecular formula is C29H28N4O4. The van der Waals surface area contributed by atoms with Crippen molar-refractivity contribution in [2.45, 2.75) is 33.1 Å². The number of nitro groups is 1. The third-order valence-electron chi connectivity index (χ3n) is 6.06. The first kappa shape index (κ1) is 25.5. The molecule has 0 saturated heterocycles. The molecule has 0 spiro atoms. The maximum atomic E-state index is 13.4. The fraction of sp³-hybridized carbons (Fsp3) is 0.207. The molecule has 0 bridgehead atoms. The fourth-order valence-corrected chi connectivity index (χ4v) is 4.10.